The molecule has 0 saturated heterocycles. The molecule has 0 fully saturated rings. The molecule has 1 rings (SSSR count). The van der Waals surface area contributed by atoms with E-state index in [4.69, 9.17) is 21.3 Å². The van der Waals surface area contributed by atoms with Crippen molar-refractivity contribution >= 4 is 23.7 Å². The predicted octanol–water partition coefficient (Wildman–Crippen LogP) is 1.19. The second-order valence-electron chi connectivity index (χ2n) is 5.67. The second kappa shape index (κ2) is 11.7. The van der Waals surface area contributed by atoms with Gasteiger partial charge in [0, 0.05) is 12.3 Å². The van der Waals surface area contributed by atoms with E-state index in [9.17, 15) is 14.7 Å². The number of ether oxygens (including phenoxy) is 1. The summed E-state index contributed by atoms with van der Waals surface area (Å²) in [5, 5.41) is 18.1. The van der Waals surface area contributed by atoms with E-state index in [0.29, 0.717) is 13.2 Å². The van der Waals surface area contributed by atoms with Gasteiger partial charge in [-0.05, 0) is 42.7 Å². The number of rotatable bonds is 13. The monoisotopic (exact) mass is 370 g/mol. The third-order valence-corrected chi connectivity index (χ3v) is 4.68. The largest absolute Gasteiger partial charge is 0.494 e. The van der Waals surface area contributed by atoms with E-state index in [1.54, 1.807) is 36.0 Å². The third kappa shape index (κ3) is 8.76. The molecule has 2 atom stereocenters. The number of carboxylic acids is 2. The molecule has 1 unspecified atom stereocenters. The average Bonchev–Trinajstić information content (AvgIpc) is 2.58. The van der Waals surface area contributed by atoms with E-state index >= 15 is 0 Å². The molecule has 0 aliphatic heterocycles. The van der Waals surface area contributed by atoms with Crippen molar-refractivity contribution in [1.82, 2.24) is 0 Å². The fourth-order valence-electron chi connectivity index (χ4n) is 2.22. The van der Waals surface area contributed by atoms with Crippen LogP contribution in [0.5, 0.6) is 5.75 Å². The standard InChI is InChI=1S/C17H26N2O5S/c18-6-9-25-8-1-7-24-14-4-2-12(3-5-14)10-13(16(20)21)11-15(19)17(22)23/h2-5,13,15H,1,6-11,18-19H2,(H,20,21)(H,22,23)/t13?,15-/m0/s1. The molecule has 25 heavy (non-hydrogen) atoms. The Hall–Kier alpha value is -1.77. The maximum absolute atomic E-state index is 11.3. The Bertz CT molecular complexity index is 538. The summed E-state index contributed by atoms with van der Waals surface area (Å²) in [6.07, 6.45) is 1.05. The Labute approximate surface area is 151 Å². The lowest BCUT2D eigenvalue weighted by atomic mass is 9.93. The van der Waals surface area contributed by atoms with Crippen LogP contribution in [-0.4, -0.2) is 52.9 Å². The highest BCUT2D eigenvalue weighted by Gasteiger charge is 2.24. The lowest BCUT2D eigenvalue weighted by Crippen LogP contribution is -2.35. The van der Waals surface area contributed by atoms with Gasteiger partial charge < -0.3 is 26.4 Å². The molecule has 0 aliphatic carbocycles. The molecular weight excluding hydrogens is 344 g/mol. The summed E-state index contributed by atoms with van der Waals surface area (Å²) < 4.78 is 5.63. The van der Waals surface area contributed by atoms with Crippen molar-refractivity contribution < 1.29 is 24.5 Å². The third-order valence-electron chi connectivity index (χ3n) is 3.57. The lowest BCUT2D eigenvalue weighted by Gasteiger charge is -2.15. The smallest absolute Gasteiger partial charge is 0.320 e. The highest BCUT2D eigenvalue weighted by Crippen LogP contribution is 2.18. The quantitative estimate of drug-likeness (QED) is 0.380. The zero-order chi connectivity index (χ0) is 18.7. The highest BCUT2D eigenvalue weighted by atomic mass is 32.2. The summed E-state index contributed by atoms with van der Waals surface area (Å²) >= 11 is 1.79. The fraction of sp³-hybridized carbons (Fsp3) is 0.529. The molecule has 0 amide bonds. The zero-order valence-electron chi connectivity index (χ0n) is 14.1. The molecule has 0 bridgehead atoms. The Morgan fingerprint density at radius 1 is 1.12 bits per heavy atom. The maximum Gasteiger partial charge on any atom is 0.320 e. The van der Waals surface area contributed by atoms with E-state index < -0.39 is 23.9 Å². The van der Waals surface area contributed by atoms with Crippen LogP contribution in [0.2, 0.25) is 0 Å². The summed E-state index contributed by atoms with van der Waals surface area (Å²) in [6, 6.07) is 5.99. The Balaban J connectivity index is 2.45. The second-order valence-corrected chi connectivity index (χ2v) is 6.89. The highest BCUT2D eigenvalue weighted by molar-refractivity contribution is 7.99. The van der Waals surface area contributed by atoms with Crippen molar-refractivity contribution in [3.63, 3.8) is 0 Å². The van der Waals surface area contributed by atoms with Gasteiger partial charge in [-0.1, -0.05) is 12.1 Å². The number of carboxylic acid groups (broad SMARTS) is 2. The lowest BCUT2D eigenvalue weighted by molar-refractivity contribution is -0.143. The van der Waals surface area contributed by atoms with Crippen molar-refractivity contribution in [2.45, 2.75) is 25.3 Å². The van der Waals surface area contributed by atoms with Gasteiger partial charge in [0.05, 0.1) is 12.5 Å². The van der Waals surface area contributed by atoms with Gasteiger partial charge in [0.2, 0.25) is 0 Å². The van der Waals surface area contributed by atoms with Gasteiger partial charge in [0.15, 0.2) is 0 Å². The van der Waals surface area contributed by atoms with Crippen LogP contribution >= 0.6 is 11.8 Å². The van der Waals surface area contributed by atoms with Crippen molar-refractivity contribution in [1.29, 1.82) is 0 Å². The van der Waals surface area contributed by atoms with Gasteiger partial charge >= 0.3 is 11.9 Å². The van der Waals surface area contributed by atoms with Gasteiger partial charge in [-0.15, -0.1) is 0 Å². The number of carbonyl (C=O) groups is 2. The van der Waals surface area contributed by atoms with Crippen LogP contribution in [0.4, 0.5) is 0 Å². The number of thioether (sulfide) groups is 1. The van der Waals surface area contributed by atoms with E-state index in [2.05, 4.69) is 0 Å². The van der Waals surface area contributed by atoms with Crippen LogP contribution in [0.3, 0.4) is 0 Å². The molecule has 0 spiro atoms. The molecule has 6 N–H and O–H groups in total. The van der Waals surface area contributed by atoms with E-state index in [1.165, 1.54) is 0 Å². The summed E-state index contributed by atoms with van der Waals surface area (Å²) in [4.78, 5) is 22.1. The molecule has 0 aromatic heterocycles. The molecule has 0 radical (unpaired) electrons. The first-order valence-electron chi connectivity index (χ1n) is 8.14. The van der Waals surface area contributed by atoms with E-state index in [1.807, 2.05) is 0 Å². The normalized spacial score (nSPS) is 13.2. The van der Waals surface area contributed by atoms with Gasteiger partial charge in [0.1, 0.15) is 11.8 Å². The first kappa shape index (κ1) is 21.3. The van der Waals surface area contributed by atoms with Gasteiger partial charge in [0.25, 0.3) is 0 Å². The Morgan fingerprint density at radius 3 is 2.36 bits per heavy atom. The molecule has 140 valence electrons. The Morgan fingerprint density at radius 2 is 1.80 bits per heavy atom. The van der Waals surface area contributed by atoms with Gasteiger partial charge in [-0.25, -0.2) is 0 Å². The van der Waals surface area contributed by atoms with Crippen LogP contribution in [-0.2, 0) is 16.0 Å². The minimum atomic E-state index is -1.19. The zero-order valence-corrected chi connectivity index (χ0v) is 14.9. The number of hydrogen-bond donors (Lipinski definition) is 4. The van der Waals surface area contributed by atoms with Crippen LogP contribution in [0.15, 0.2) is 24.3 Å². The first-order valence-corrected chi connectivity index (χ1v) is 9.30. The first-order chi connectivity index (χ1) is 11.9. The van der Waals surface area contributed by atoms with Crippen molar-refractivity contribution in [2.75, 3.05) is 24.7 Å². The predicted molar refractivity (Wildman–Crippen MR) is 98.0 cm³/mol. The van der Waals surface area contributed by atoms with Crippen LogP contribution in [0.1, 0.15) is 18.4 Å². The van der Waals surface area contributed by atoms with Gasteiger partial charge in [-0.2, -0.15) is 11.8 Å². The number of aliphatic carboxylic acids is 2. The summed E-state index contributed by atoms with van der Waals surface area (Å²) in [5.41, 5.74) is 11.7. The molecule has 7 nitrogen and oxygen atoms in total. The van der Waals surface area contributed by atoms with Crippen molar-refractivity contribution in [3.8, 4) is 5.75 Å². The van der Waals surface area contributed by atoms with Crippen molar-refractivity contribution in [2.24, 2.45) is 17.4 Å². The molecule has 8 heteroatoms. The summed E-state index contributed by atoms with van der Waals surface area (Å²) in [7, 11) is 0. The summed E-state index contributed by atoms with van der Waals surface area (Å²) in [5.74, 6) is -0.407. The number of benzene rings is 1. The molecular formula is C17H26N2O5S. The molecule has 0 aliphatic rings. The van der Waals surface area contributed by atoms with E-state index in [-0.39, 0.29) is 12.8 Å². The molecule has 1 aromatic carbocycles. The Kier molecular flexibility index (Phi) is 9.98. The minimum absolute atomic E-state index is 0.108. The topological polar surface area (TPSA) is 136 Å². The number of nitrogens with two attached hydrogens (primary N) is 2. The number of hydrogen-bond acceptors (Lipinski definition) is 6. The van der Waals surface area contributed by atoms with Crippen LogP contribution in [0.25, 0.3) is 0 Å². The minimum Gasteiger partial charge on any atom is -0.494 e. The molecule has 1 aromatic rings. The summed E-state index contributed by atoms with van der Waals surface area (Å²) in [6.45, 7) is 1.30. The van der Waals surface area contributed by atoms with E-state index in [0.717, 1.165) is 29.2 Å². The average molecular weight is 370 g/mol. The van der Waals surface area contributed by atoms with Crippen LogP contribution in [0, 0.1) is 5.92 Å². The van der Waals surface area contributed by atoms with Gasteiger partial charge in [-0.3, -0.25) is 9.59 Å². The fourth-order valence-corrected chi connectivity index (χ4v) is 2.91. The van der Waals surface area contributed by atoms with Crippen LogP contribution < -0.4 is 16.2 Å². The SMILES string of the molecule is NCCSCCCOc1ccc(CC(C[C@H](N)C(=O)O)C(=O)O)cc1. The van der Waals surface area contributed by atoms with Crippen molar-refractivity contribution in [3.05, 3.63) is 29.8 Å². The maximum atomic E-state index is 11.3. The molecule has 0 saturated carbocycles. The molecule has 0 heterocycles.